The van der Waals surface area contributed by atoms with Crippen LogP contribution in [0.5, 0.6) is 0 Å². The topological polar surface area (TPSA) is 72.4 Å². The minimum Gasteiger partial charge on any atom is -0.480 e. The van der Waals surface area contributed by atoms with Crippen LogP contribution in [-0.4, -0.2) is 15.6 Å². The Morgan fingerprint density at radius 1 is 1.39 bits per heavy atom. The van der Waals surface area contributed by atoms with Gasteiger partial charge in [-0.1, -0.05) is 19.9 Å². The van der Waals surface area contributed by atoms with Crippen molar-refractivity contribution in [2.24, 2.45) is 5.92 Å². The van der Waals surface area contributed by atoms with Gasteiger partial charge in [0.1, 0.15) is 6.04 Å². The molecular formula is C13H15NO4. The quantitative estimate of drug-likeness (QED) is 0.904. The van der Waals surface area contributed by atoms with Crippen molar-refractivity contribution in [1.82, 2.24) is 4.57 Å². The van der Waals surface area contributed by atoms with Crippen molar-refractivity contribution >= 4 is 17.1 Å². The first kappa shape index (κ1) is 12.4. The van der Waals surface area contributed by atoms with E-state index in [1.165, 1.54) is 4.57 Å². The van der Waals surface area contributed by atoms with E-state index in [4.69, 9.17) is 4.42 Å². The van der Waals surface area contributed by atoms with Gasteiger partial charge in [-0.2, -0.15) is 0 Å². The van der Waals surface area contributed by atoms with Crippen molar-refractivity contribution < 1.29 is 14.3 Å². The largest absolute Gasteiger partial charge is 0.480 e. The Morgan fingerprint density at radius 3 is 2.61 bits per heavy atom. The molecule has 1 aromatic heterocycles. The average molecular weight is 249 g/mol. The van der Waals surface area contributed by atoms with Crippen molar-refractivity contribution in [3.05, 3.63) is 34.3 Å². The Morgan fingerprint density at radius 2 is 2.06 bits per heavy atom. The Balaban J connectivity index is 2.73. The van der Waals surface area contributed by atoms with Gasteiger partial charge in [0.25, 0.3) is 0 Å². The molecule has 5 heteroatoms. The van der Waals surface area contributed by atoms with E-state index in [2.05, 4.69) is 0 Å². The van der Waals surface area contributed by atoms with Crippen LogP contribution in [0.1, 0.15) is 25.5 Å². The molecule has 1 heterocycles. The van der Waals surface area contributed by atoms with Crippen LogP contribution in [-0.2, 0) is 4.79 Å². The standard InChI is InChI=1S/C13H15NO4/c1-7(2)11(12(15)16)14-9-5-4-8(3)6-10(9)18-13(14)17/h4-7,11H,1-3H3,(H,15,16). The molecule has 5 nitrogen and oxygen atoms in total. The third-order valence-corrected chi connectivity index (χ3v) is 2.93. The zero-order valence-electron chi connectivity index (χ0n) is 10.5. The predicted molar refractivity (Wildman–Crippen MR) is 66.7 cm³/mol. The van der Waals surface area contributed by atoms with Gasteiger partial charge in [-0.15, -0.1) is 0 Å². The molecule has 0 amide bonds. The summed E-state index contributed by atoms with van der Waals surface area (Å²) in [5.41, 5.74) is 1.90. The minimum atomic E-state index is -1.03. The van der Waals surface area contributed by atoms with Gasteiger partial charge in [-0.25, -0.2) is 9.59 Å². The molecule has 1 atom stereocenters. The average Bonchev–Trinajstić information content (AvgIpc) is 2.54. The van der Waals surface area contributed by atoms with Crippen molar-refractivity contribution in [2.75, 3.05) is 0 Å². The molecule has 0 aliphatic rings. The lowest BCUT2D eigenvalue weighted by atomic mass is 10.0. The fourth-order valence-electron chi connectivity index (χ4n) is 2.10. The number of hydrogen-bond donors (Lipinski definition) is 1. The highest BCUT2D eigenvalue weighted by atomic mass is 16.4. The smallest absolute Gasteiger partial charge is 0.420 e. The molecule has 0 aliphatic heterocycles. The number of aliphatic carboxylic acids is 1. The molecule has 0 spiro atoms. The third kappa shape index (κ3) is 1.92. The van der Waals surface area contributed by atoms with Crippen LogP contribution < -0.4 is 5.76 Å². The van der Waals surface area contributed by atoms with Gasteiger partial charge < -0.3 is 9.52 Å². The van der Waals surface area contributed by atoms with Crippen molar-refractivity contribution in [3.63, 3.8) is 0 Å². The number of carboxylic acids is 1. The number of oxazole rings is 1. The number of carboxylic acid groups (broad SMARTS) is 1. The van der Waals surface area contributed by atoms with Crippen LogP contribution in [0.15, 0.2) is 27.4 Å². The van der Waals surface area contributed by atoms with Gasteiger partial charge in [0, 0.05) is 0 Å². The Hall–Kier alpha value is -2.04. The summed E-state index contributed by atoms with van der Waals surface area (Å²) in [6, 6.07) is 4.36. The third-order valence-electron chi connectivity index (χ3n) is 2.93. The molecule has 2 rings (SSSR count). The molecule has 18 heavy (non-hydrogen) atoms. The van der Waals surface area contributed by atoms with Crippen LogP contribution in [0.25, 0.3) is 11.1 Å². The second-order valence-corrected chi connectivity index (χ2v) is 4.74. The zero-order valence-corrected chi connectivity index (χ0v) is 10.5. The van der Waals surface area contributed by atoms with E-state index in [-0.39, 0.29) is 5.92 Å². The summed E-state index contributed by atoms with van der Waals surface area (Å²) in [5, 5.41) is 9.25. The summed E-state index contributed by atoms with van der Waals surface area (Å²) >= 11 is 0. The SMILES string of the molecule is Cc1ccc2c(c1)oc(=O)n2C(C(=O)O)C(C)C. The number of aromatic nitrogens is 1. The number of hydrogen-bond acceptors (Lipinski definition) is 3. The van der Waals surface area contributed by atoms with Crippen molar-refractivity contribution in [2.45, 2.75) is 26.8 Å². The molecule has 0 saturated carbocycles. The molecule has 1 N–H and O–H groups in total. The number of rotatable bonds is 3. The van der Waals surface area contributed by atoms with Gasteiger partial charge in [0.15, 0.2) is 5.58 Å². The summed E-state index contributed by atoms with van der Waals surface area (Å²) in [6.45, 7) is 5.41. The molecule has 1 aromatic carbocycles. The molecule has 1 unspecified atom stereocenters. The van der Waals surface area contributed by atoms with Crippen molar-refractivity contribution in [1.29, 1.82) is 0 Å². The molecule has 2 aromatic rings. The normalized spacial score (nSPS) is 13.1. The van der Waals surface area contributed by atoms with E-state index >= 15 is 0 Å². The maximum atomic E-state index is 11.8. The predicted octanol–water partition coefficient (Wildman–Crippen LogP) is 2.18. The van der Waals surface area contributed by atoms with Crippen LogP contribution in [0.4, 0.5) is 0 Å². The van der Waals surface area contributed by atoms with Crippen LogP contribution in [0, 0.1) is 12.8 Å². The first-order valence-corrected chi connectivity index (χ1v) is 5.76. The van der Waals surface area contributed by atoms with Crippen molar-refractivity contribution in [3.8, 4) is 0 Å². The minimum absolute atomic E-state index is 0.206. The maximum Gasteiger partial charge on any atom is 0.420 e. The summed E-state index contributed by atoms with van der Waals surface area (Å²) in [7, 11) is 0. The molecule has 0 fully saturated rings. The Bertz CT molecular complexity index is 651. The molecule has 0 radical (unpaired) electrons. The molecule has 0 aliphatic carbocycles. The highest BCUT2D eigenvalue weighted by molar-refractivity contribution is 5.78. The molecule has 0 bridgehead atoms. The summed E-state index contributed by atoms with van der Waals surface area (Å²) in [4.78, 5) is 23.1. The second kappa shape index (κ2) is 4.33. The van der Waals surface area contributed by atoms with E-state index in [9.17, 15) is 14.7 Å². The molecule has 0 saturated heterocycles. The lowest BCUT2D eigenvalue weighted by Crippen LogP contribution is -2.30. The summed E-state index contributed by atoms with van der Waals surface area (Å²) < 4.78 is 6.32. The van der Waals surface area contributed by atoms with Gasteiger partial charge >= 0.3 is 11.7 Å². The number of carbonyl (C=O) groups is 1. The first-order chi connectivity index (χ1) is 8.41. The summed E-state index contributed by atoms with van der Waals surface area (Å²) in [5.74, 6) is -1.87. The van der Waals surface area contributed by atoms with Gasteiger partial charge in [0.05, 0.1) is 5.52 Å². The number of fused-ring (bicyclic) bond motifs is 1. The van der Waals surface area contributed by atoms with Crippen LogP contribution in [0.2, 0.25) is 0 Å². The van der Waals surface area contributed by atoms with Crippen LogP contribution >= 0.6 is 0 Å². The lowest BCUT2D eigenvalue weighted by molar-refractivity contribution is -0.142. The monoisotopic (exact) mass is 249 g/mol. The number of benzene rings is 1. The fourth-order valence-corrected chi connectivity index (χ4v) is 2.10. The highest BCUT2D eigenvalue weighted by Gasteiger charge is 2.28. The number of nitrogens with zero attached hydrogens (tertiary/aromatic N) is 1. The van der Waals surface area contributed by atoms with E-state index in [1.54, 1.807) is 26.0 Å². The van der Waals surface area contributed by atoms with E-state index in [0.717, 1.165) is 5.56 Å². The van der Waals surface area contributed by atoms with E-state index in [1.807, 2.05) is 13.0 Å². The van der Waals surface area contributed by atoms with Crippen LogP contribution in [0.3, 0.4) is 0 Å². The first-order valence-electron chi connectivity index (χ1n) is 5.76. The molecule has 96 valence electrons. The van der Waals surface area contributed by atoms with Gasteiger partial charge in [-0.3, -0.25) is 4.57 Å². The van der Waals surface area contributed by atoms with Gasteiger partial charge in [-0.05, 0) is 30.5 Å². The second-order valence-electron chi connectivity index (χ2n) is 4.74. The van der Waals surface area contributed by atoms with E-state index in [0.29, 0.717) is 11.1 Å². The van der Waals surface area contributed by atoms with E-state index < -0.39 is 17.8 Å². The highest BCUT2D eigenvalue weighted by Crippen LogP contribution is 2.23. The fraction of sp³-hybridized carbons (Fsp3) is 0.385. The Kier molecular flexibility index (Phi) is 2.98. The summed E-state index contributed by atoms with van der Waals surface area (Å²) in [6.07, 6.45) is 0. The lowest BCUT2D eigenvalue weighted by Gasteiger charge is -2.16. The zero-order chi connectivity index (χ0) is 13.4. The maximum absolute atomic E-state index is 11.8. The molecular weight excluding hydrogens is 234 g/mol. The Labute approximate surface area is 104 Å². The number of aryl methyl sites for hydroxylation is 1. The van der Waals surface area contributed by atoms with Gasteiger partial charge in [0.2, 0.25) is 0 Å².